The van der Waals surface area contributed by atoms with E-state index in [1.807, 2.05) is 54.7 Å². The van der Waals surface area contributed by atoms with Crippen LogP contribution in [-0.4, -0.2) is 37.2 Å². The lowest BCUT2D eigenvalue weighted by molar-refractivity contribution is -0.167. The number of ether oxygens (including phenoxy) is 3. The van der Waals surface area contributed by atoms with Crippen LogP contribution in [0.5, 0.6) is 0 Å². The molecule has 0 spiro atoms. The van der Waals surface area contributed by atoms with Crippen molar-refractivity contribution in [2.45, 2.75) is 194 Å². The molecule has 0 fully saturated rings. The third kappa shape index (κ3) is 48.4. The zero-order valence-corrected chi connectivity index (χ0v) is 40.0. The highest BCUT2D eigenvalue weighted by molar-refractivity contribution is 5.71. The average Bonchev–Trinajstić information content (AvgIpc) is 3.28. The first-order chi connectivity index (χ1) is 31.0. The summed E-state index contributed by atoms with van der Waals surface area (Å²) >= 11 is 0. The molecule has 6 nitrogen and oxygen atoms in total. The maximum Gasteiger partial charge on any atom is 0.306 e. The second-order valence-corrected chi connectivity index (χ2v) is 15.7. The van der Waals surface area contributed by atoms with Gasteiger partial charge in [-0.1, -0.05) is 199 Å². The van der Waals surface area contributed by atoms with Crippen LogP contribution in [0, 0.1) is 0 Å². The summed E-state index contributed by atoms with van der Waals surface area (Å²) < 4.78 is 16.6. The Bertz CT molecular complexity index is 1420. The molecule has 0 aromatic carbocycles. The molecular weight excluding hydrogens is 781 g/mol. The van der Waals surface area contributed by atoms with Crippen LogP contribution in [0.15, 0.2) is 134 Å². The first-order valence-electron chi connectivity index (χ1n) is 24.8. The van der Waals surface area contributed by atoms with Crippen molar-refractivity contribution in [3.63, 3.8) is 0 Å². The molecule has 0 N–H and O–H groups in total. The van der Waals surface area contributed by atoms with E-state index in [-0.39, 0.29) is 31.6 Å². The minimum Gasteiger partial charge on any atom is -0.462 e. The summed E-state index contributed by atoms with van der Waals surface area (Å²) in [7, 11) is 0. The summed E-state index contributed by atoms with van der Waals surface area (Å²) in [6, 6.07) is 0. The van der Waals surface area contributed by atoms with Gasteiger partial charge in [0.2, 0.25) is 0 Å². The minimum atomic E-state index is -0.839. The Hall–Kier alpha value is -4.45. The van der Waals surface area contributed by atoms with Gasteiger partial charge in [0.1, 0.15) is 13.2 Å². The fraction of sp³-hybridized carbons (Fsp3) is 0.561. The highest BCUT2D eigenvalue weighted by Gasteiger charge is 2.19. The first-order valence-corrected chi connectivity index (χ1v) is 24.8. The average molecular weight is 869 g/mol. The Morgan fingerprint density at radius 1 is 0.349 bits per heavy atom. The van der Waals surface area contributed by atoms with Crippen LogP contribution in [0.3, 0.4) is 0 Å². The Labute approximate surface area is 385 Å². The van der Waals surface area contributed by atoms with Crippen LogP contribution in [0.2, 0.25) is 0 Å². The van der Waals surface area contributed by atoms with Gasteiger partial charge in [-0.25, -0.2) is 0 Å². The zero-order valence-electron chi connectivity index (χ0n) is 40.0. The van der Waals surface area contributed by atoms with E-state index in [4.69, 9.17) is 14.2 Å². The molecule has 0 aromatic rings. The summed E-state index contributed by atoms with van der Waals surface area (Å²) in [6.45, 7) is 6.24. The molecule has 0 aliphatic rings. The molecule has 352 valence electrons. The van der Waals surface area contributed by atoms with Gasteiger partial charge in [0, 0.05) is 19.3 Å². The molecule has 0 aliphatic heterocycles. The van der Waals surface area contributed by atoms with Crippen molar-refractivity contribution in [1.29, 1.82) is 0 Å². The predicted octanol–water partition coefficient (Wildman–Crippen LogP) is 16.3. The van der Waals surface area contributed by atoms with Crippen molar-refractivity contribution < 1.29 is 28.6 Å². The Balaban J connectivity index is 4.57. The van der Waals surface area contributed by atoms with Gasteiger partial charge in [0.25, 0.3) is 0 Å². The monoisotopic (exact) mass is 869 g/mol. The molecule has 0 heterocycles. The van der Waals surface area contributed by atoms with Gasteiger partial charge in [-0.15, -0.1) is 0 Å². The summed E-state index contributed by atoms with van der Waals surface area (Å²) in [5, 5.41) is 0. The molecule has 63 heavy (non-hydrogen) atoms. The van der Waals surface area contributed by atoms with Crippen molar-refractivity contribution in [3.8, 4) is 0 Å². The van der Waals surface area contributed by atoms with E-state index >= 15 is 0 Å². The summed E-state index contributed by atoms with van der Waals surface area (Å²) in [6.07, 6.45) is 70.1. The lowest BCUT2D eigenvalue weighted by Crippen LogP contribution is -2.30. The number of carbonyl (C=O) groups excluding carboxylic acids is 3. The summed E-state index contributed by atoms with van der Waals surface area (Å²) in [5.41, 5.74) is 0. The maximum atomic E-state index is 12.7. The fourth-order valence-corrected chi connectivity index (χ4v) is 6.08. The fourth-order valence-electron chi connectivity index (χ4n) is 6.08. The Kier molecular flexibility index (Phi) is 46.7. The van der Waals surface area contributed by atoms with E-state index in [1.165, 1.54) is 38.5 Å². The van der Waals surface area contributed by atoms with Crippen LogP contribution in [0.25, 0.3) is 0 Å². The van der Waals surface area contributed by atoms with Crippen molar-refractivity contribution in [2.75, 3.05) is 13.2 Å². The molecule has 6 heteroatoms. The lowest BCUT2D eigenvalue weighted by Gasteiger charge is -2.18. The normalized spacial score (nSPS) is 13.3. The van der Waals surface area contributed by atoms with Gasteiger partial charge >= 0.3 is 17.9 Å². The largest absolute Gasteiger partial charge is 0.462 e. The third-order valence-electron chi connectivity index (χ3n) is 9.75. The Morgan fingerprint density at radius 3 is 1.21 bits per heavy atom. The van der Waals surface area contributed by atoms with Gasteiger partial charge in [-0.2, -0.15) is 0 Å². The van der Waals surface area contributed by atoms with Crippen molar-refractivity contribution in [3.05, 3.63) is 134 Å². The van der Waals surface area contributed by atoms with Crippen LogP contribution in [0.4, 0.5) is 0 Å². The standard InChI is InChI=1S/C57H88O6/c1-4-7-10-13-16-19-22-25-26-27-28-29-30-33-35-38-41-44-47-50-56(59)62-53-54(63-57(60)51-48-45-42-39-36-32-24-21-18-15-12-9-6-3)52-61-55(58)49-46-43-40-37-34-31-23-20-17-14-11-8-5-2/h7,9-10,12,15-16,18-19,21,24-26,28-29,31-36,39,42,54H,4-6,8,11,13-14,17,20,22-23,27,30,37-38,40-41,43-53H2,1-3H3/b10-7-,12-9-,18-15-,19-16-,24-21-,26-25-,29-28-,34-31-,35-33-,36-32-,42-39-. The number of esters is 3. The van der Waals surface area contributed by atoms with Crippen LogP contribution >= 0.6 is 0 Å². The molecule has 0 rings (SSSR count). The highest BCUT2D eigenvalue weighted by atomic mass is 16.6. The molecule has 0 saturated heterocycles. The topological polar surface area (TPSA) is 78.9 Å². The SMILES string of the molecule is CC\C=C/C=C\C=C/C=C\C=C/CCCC(=O)OC(COC(=O)CCCCC/C=C\C/C=C\C/C=C\C/C=C\C/C=C\CC)COC(=O)CCCCC/C=C\CCCCCCCC. The number of allylic oxidation sites excluding steroid dienone is 22. The third-order valence-corrected chi connectivity index (χ3v) is 9.75. The zero-order chi connectivity index (χ0) is 45.8. The van der Waals surface area contributed by atoms with Gasteiger partial charge < -0.3 is 14.2 Å². The Morgan fingerprint density at radius 2 is 0.714 bits per heavy atom. The summed E-state index contributed by atoms with van der Waals surface area (Å²) in [5.74, 6) is -1.07. The quantitative estimate of drug-likeness (QED) is 0.0200. The second kappa shape index (κ2) is 50.2. The lowest BCUT2D eigenvalue weighted by atomic mass is 10.1. The molecule has 0 aliphatic carbocycles. The number of hydrogen-bond donors (Lipinski definition) is 0. The number of unbranched alkanes of at least 4 members (excludes halogenated alkanes) is 13. The van der Waals surface area contributed by atoms with E-state index in [1.54, 1.807) is 0 Å². The van der Waals surface area contributed by atoms with E-state index in [0.29, 0.717) is 19.3 Å². The van der Waals surface area contributed by atoms with E-state index in [2.05, 4.69) is 99.8 Å². The van der Waals surface area contributed by atoms with E-state index in [9.17, 15) is 14.4 Å². The van der Waals surface area contributed by atoms with Crippen LogP contribution < -0.4 is 0 Å². The molecule has 0 radical (unpaired) electrons. The van der Waals surface area contributed by atoms with Gasteiger partial charge in [-0.05, 0) is 103 Å². The van der Waals surface area contributed by atoms with Crippen LogP contribution in [0.1, 0.15) is 188 Å². The van der Waals surface area contributed by atoms with E-state index in [0.717, 1.165) is 103 Å². The van der Waals surface area contributed by atoms with Crippen LogP contribution in [-0.2, 0) is 28.6 Å². The smallest absolute Gasteiger partial charge is 0.306 e. The number of hydrogen-bond acceptors (Lipinski definition) is 6. The molecule has 0 saturated carbocycles. The van der Waals surface area contributed by atoms with Crippen molar-refractivity contribution in [2.24, 2.45) is 0 Å². The van der Waals surface area contributed by atoms with Gasteiger partial charge in [-0.3, -0.25) is 14.4 Å². The second-order valence-electron chi connectivity index (χ2n) is 15.7. The number of rotatable bonds is 42. The van der Waals surface area contributed by atoms with E-state index < -0.39 is 12.1 Å². The predicted molar refractivity (Wildman–Crippen MR) is 269 cm³/mol. The first kappa shape index (κ1) is 58.6. The molecule has 1 unspecified atom stereocenters. The number of carbonyl (C=O) groups is 3. The minimum absolute atomic E-state index is 0.130. The molecule has 1 atom stereocenters. The highest BCUT2D eigenvalue weighted by Crippen LogP contribution is 2.11. The van der Waals surface area contributed by atoms with Gasteiger partial charge in [0.05, 0.1) is 0 Å². The van der Waals surface area contributed by atoms with Crippen molar-refractivity contribution >= 4 is 17.9 Å². The molecule has 0 aromatic heterocycles. The summed E-state index contributed by atoms with van der Waals surface area (Å²) in [4.78, 5) is 37.9. The van der Waals surface area contributed by atoms with Crippen molar-refractivity contribution in [1.82, 2.24) is 0 Å². The molecule has 0 amide bonds. The van der Waals surface area contributed by atoms with Gasteiger partial charge in [0.15, 0.2) is 6.10 Å². The maximum absolute atomic E-state index is 12.7. The molecular formula is C57H88O6. The molecule has 0 bridgehead atoms.